The van der Waals surface area contributed by atoms with Crippen molar-refractivity contribution < 1.29 is 19.1 Å². The molecule has 0 bridgehead atoms. The molecule has 0 unspecified atom stereocenters. The van der Waals surface area contributed by atoms with E-state index >= 15 is 0 Å². The number of esters is 1. The van der Waals surface area contributed by atoms with E-state index in [-0.39, 0.29) is 40.6 Å². The Morgan fingerprint density at radius 1 is 1.19 bits per heavy atom. The predicted molar refractivity (Wildman–Crippen MR) is 122 cm³/mol. The Bertz CT molecular complexity index is 958. The van der Waals surface area contributed by atoms with Gasteiger partial charge in [0.25, 0.3) is 5.91 Å². The molecule has 2 amide bonds. The third kappa shape index (κ3) is 6.18. The lowest BCUT2D eigenvalue weighted by molar-refractivity contribution is -0.147. The first-order valence-electron chi connectivity index (χ1n) is 10.3. The maximum Gasteiger partial charge on any atom is 0.328 e. The summed E-state index contributed by atoms with van der Waals surface area (Å²) in [6, 6.07) is 5.81. The molecule has 1 aromatic heterocycles. The van der Waals surface area contributed by atoms with Crippen LogP contribution in [0.1, 0.15) is 35.7 Å². The molecule has 32 heavy (non-hydrogen) atoms. The minimum Gasteiger partial charge on any atom is -0.464 e. The average molecular weight is 479 g/mol. The lowest BCUT2D eigenvalue weighted by Crippen LogP contribution is -2.49. The highest BCUT2D eigenvalue weighted by molar-refractivity contribution is 6.40. The van der Waals surface area contributed by atoms with Gasteiger partial charge in [-0.05, 0) is 44.0 Å². The molecular formula is C22H24Cl2N4O4. The summed E-state index contributed by atoms with van der Waals surface area (Å²) in [6.45, 7) is 2.72. The number of carbonyl (C=O) groups is 3. The van der Waals surface area contributed by atoms with E-state index in [4.69, 9.17) is 27.9 Å². The minimum absolute atomic E-state index is 0.137. The zero-order chi connectivity index (χ0) is 23.1. The van der Waals surface area contributed by atoms with Crippen molar-refractivity contribution >= 4 is 46.7 Å². The number of carbonyl (C=O) groups excluding carboxylic acids is 3. The summed E-state index contributed by atoms with van der Waals surface area (Å²) < 4.78 is 5.13. The van der Waals surface area contributed by atoms with E-state index in [2.05, 4.69) is 20.9 Å². The zero-order valence-corrected chi connectivity index (χ0v) is 19.0. The predicted octanol–water partition coefficient (Wildman–Crippen LogP) is 2.98. The van der Waals surface area contributed by atoms with Gasteiger partial charge in [-0.2, -0.15) is 0 Å². The Morgan fingerprint density at radius 2 is 1.88 bits per heavy atom. The first-order valence-corrected chi connectivity index (χ1v) is 11.0. The molecule has 2 aromatic rings. The molecule has 3 rings (SSSR count). The van der Waals surface area contributed by atoms with Gasteiger partial charge in [-0.3, -0.25) is 14.6 Å². The van der Waals surface area contributed by atoms with Crippen LogP contribution in [0.4, 0.5) is 5.69 Å². The zero-order valence-electron chi connectivity index (χ0n) is 17.5. The molecule has 1 aliphatic heterocycles. The van der Waals surface area contributed by atoms with E-state index in [0.29, 0.717) is 5.69 Å². The van der Waals surface area contributed by atoms with Crippen LogP contribution in [0.3, 0.4) is 0 Å². The molecular weight excluding hydrogens is 455 g/mol. The molecule has 1 aliphatic rings. The Kier molecular flexibility index (Phi) is 8.44. The number of pyridine rings is 1. The first kappa shape index (κ1) is 24.0. The number of nitrogens with one attached hydrogen (secondary N) is 3. The van der Waals surface area contributed by atoms with Gasteiger partial charge in [0.05, 0.1) is 28.3 Å². The van der Waals surface area contributed by atoms with Gasteiger partial charge in [0, 0.05) is 24.5 Å². The quantitative estimate of drug-likeness (QED) is 0.503. The Labute approximate surface area is 196 Å². The Balaban J connectivity index is 1.66. The van der Waals surface area contributed by atoms with Crippen LogP contribution in [0.2, 0.25) is 10.0 Å². The van der Waals surface area contributed by atoms with Crippen molar-refractivity contribution in [1.29, 1.82) is 0 Å². The van der Waals surface area contributed by atoms with Crippen LogP contribution >= 0.6 is 23.2 Å². The summed E-state index contributed by atoms with van der Waals surface area (Å²) in [4.78, 5) is 41.2. The maximum atomic E-state index is 12.5. The van der Waals surface area contributed by atoms with Crippen LogP contribution in [0.5, 0.6) is 0 Å². The lowest BCUT2D eigenvalue weighted by Gasteiger charge is -2.20. The monoisotopic (exact) mass is 478 g/mol. The third-order valence-corrected chi connectivity index (χ3v) is 5.57. The Morgan fingerprint density at radius 3 is 2.47 bits per heavy atom. The number of aromatic nitrogens is 1. The van der Waals surface area contributed by atoms with Gasteiger partial charge in [-0.15, -0.1) is 0 Å². The summed E-state index contributed by atoms with van der Waals surface area (Å²) in [6.07, 6.45) is 4.60. The number of ether oxygens (including phenoxy) is 1. The van der Waals surface area contributed by atoms with Crippen molar-refractivity contribution in [3.05, 3.63) is 57.8 Å². The van der Waals surface area contributed by atoms with Gasteiger partial charge >= 0.3 is 5.97 Å². The summed E-state index contributed by atoms with van der Waals surface area (Å²) in [7, 11) is 0. The van der Waals surface area contributed by atoms with E-state index in [1.807, 2.05) is 0 Å². The molecule has 1 saturated heterocycles. The van der Waals surface area contributed by atoms with Gasteiger partial charge in [-0.1, -0.05) is 35.3 Å². The van der Waals surface area contributed by atoms with Gasteiger partial charge in [0.1, 0.15) is 6.04 Å². The number of nitrogens with zero attached hydrogens (tertiary/aromatic N) is 1. The third-order valence-electron chi connectivity index (χ3n) is 5.00. The van der Waals surface area contributed by atoms with Crippen LogP contribution in [0, 0.1) is 0 Å². The molecule has 3 N–H and O–H groups in total. The molecule has 2 atom stereocenters. The average Bonchev–Trinajstić information content (AvgIpc) is 3.30. The lowest BCUT2D eigenvalue weighted by atomic mass is 10.0. The van der Waals surface area contributed by atoms with E-state index in [9.17, 15) is 14.4 Å². The molecule has 10 heteroatoms. The van der Waals surface area contributed by atoms with Crippen molar-refractivity contribution in [2.45, 2.75) is 38.3 Å². The van der Waals surface area contributed by atoms with E-state index in [1.165, 1.54) is 12.4 Å². The SMILES string of the molecule is CCOC(=O)[C@H](Cc1ccc(NC(=O)c2c(Cl)cncc2Cl)cc1)NC(=O)[C@@H]1CCCN1. The molecule has 0 aliphatic carbocycles. The van der Waals surface area contributed by atoms with Crippen LogP contribution in [0.15, 0.2) is 36.7 Å². The number of rotatable bonds is 8. The molecule has 2 heterocycles. The highest BCUT2D eigenvalue weighted by Crippen LogP contribution is 2.24. The first-order chi connectivity index (χ1) is 15.4. The number of benzene rings is 1. The van der Waals surface area contributed by atoms with Crippen molar-refractivity contribution in [1.82, 2.24) is 15.6 Å². The number of hydrogen-bond acceptors (Lipinski definition) is 6. The van der Waals surface area contributed by atoms with E-state index in [0.717, 1.165) is 24.9 Å². The van der Waals surface area contributed by atoms with Gasteiger partial charge in [-0.25, -0.2) is 4.79 Å². The highest BCUT2D eigenvalue weighted by atomic mass is 35.5. The summed E-state index contributed by atoms with van der Waals surface area (Å²) in [5.74, 6) is -1.16. The molecule has 8 nitrogen and oxygen atoms in total. The van der Waals surface area contributed by atoms with E-state index < -0.39 is 17.9 Å². The fourth-order valence-corrected chi connectivity index (χ4v) is 3.93. The largest absolute Gasteiger partial charge is 0.464 e. The summed E-state index contributed by atoms with van der Waals surface area (Å²) in [5.41, 5.74) is 1.45. The van der Waals surface area contributed by atoms with E-state index in [1.54, 1.807) is 31.2 Å². The number of amides is 2. The van der Waals surface area contributed by atoms with Gasteiger partial charge in [0.15, 0.2) is 0 Å². The summed E-state index contributed by atoms with van der Waals surface area (Å²) in [5, 5.41) is 8.93. The Hall–Kier alpha value is -2.68. The van der Waals surface area contributed by atoms with Crippen molar-refractivity contribution in [2.75, 3.05) is 18.5 Å². The second-order valence-corrected chi connectivity index (χ2v) is 8.11. The normalized spacial score (nSPS) is 16.3. The van der Waals surface area contributed by atoms with Crippen molar-refractivity contribution in [2.24, 2.45) is 0 Å². The number of anilines is 1. The van der Waals surface area contributed by atoms with Crippen molar-refractivity contribution in [3.63, 3.8) is 0 Å². The molecule has 0 saturated carbocycles. The molecule has 1 aromatic carbocycles. The molecule has 170 valence electrons. The fraction of sp³-hybridized carbons (Fsp3) is 0.364. The smallest absolute Gasteiger partial charge is 0.328 e. The molecule has 0 spiro atoms. The molecule has 1 fully saturated rings. The number of halogens is 2. The maximum absolute atomic E-state index is 12.5. The van der Waals surface area contributed by atoms with Crippen LogP contribution < -0.4 is 16.0 Å². The van der Waals surface area contributed by atoms with Crippen LogP contribution in [-0.2, 0) is 20.7 Å². The topological polar surface area (TPSA) is 109 Å². The number of hydrogen-bond donors (Lipinski definition) is 3. The second-order valence-electron chi connectivity index (χ2n) is 7.30. The van der Waals surface area contributed by atoms with Gasteiger partial charge < -0.3 is 20.7 Å². The minimum atomic E-state index is -0.806. The van der Waals surface area contributed by atoms with Crippen LogP contribution in [-0.4, -0.2) is 48.0 Å². The summed E-state index contributed by atoms with van der Waals surface area (Å²) >= 11 is 12.1. The second kappa shape index (κ2) is 11.3. The fourth-order valence-electron chi connectivity index (χ4n) is 3.40. The van der Waals surface area contributed by atoms with Crippen molar-refractivity contribution in [3.8, 4) is 0 Å². The standard InChI is InChI=1S/C22H24Cl2N4O4/c1-2-32-22(31)18(28-20(29)17-4-3-9-26-17)10-13-5-7-14(8-6-13)27-21(30)19-15(23)11-25-12-16(19)24/h5-8,11-12,17-18,26H,2-4,9-10H2,1H3,(H,27,30)(H,28,29)/t17-,18-/m0/s1. The van der Waals surface area contributed by atoms with Crippen LogP contribution in [0.25, 0.3) is 0 Å². The van der Waals surface area contributed by atoms with Gasteiger partial charge in [0.2, 0.25) is 5.91 Å². The molecule has 0 radical (unpaired) electrons. The highest BCUT2D eigenvalue weighted by Gasteiger charge is 2.28.